The molecule has 0 radical (unpaired) electrons. The summed E-state index contributed by atoms with van der Waals surface area (Å²) in [7, 11) is 0. The molecule has 2 aromatic carbocycles. The number of hydrogen-bond acceptors (Lipinski definition) is 8. The van der Waals surface area contributed by atoms with Crippen LogP contribution >= 0.6 is 11.3 Å². The number of nitrogens with zero attached hydrogens (tertiary/aromatic N) is 1. The van der Waals surface area contributed by atoms with Crippen LogP contribution in [0.15, 0.2) is 66.2 Å². The Labute approximate surface area is 188 Å². The summed E-state index contributed by atoms with van der Waals surface area (Å²) in [6.45, 7) is 0.208. The summed E-state index contributed by atoms with van der Waals surface area (Å²) in [6.07, 6.45) is 0.747. The molecule has 0 fully saturated rings. The van der Waals surface area contributed by atoms with E-state index in [4.69, 9.17) is 20.3 Å². The van der Waals surface area contributed by atoms with E-state index < -0.39 is 6.09 Å². The maximum Gasteiger partial charge on any atom is 0.412 e. The Bertz CT molecular complexity index is 1210. The van der Waals surface area contributed by atoms with Crippen molar-refractivity contribution < 1.29 is 19.4 Å². The van der Waals surface area contributed by atoms with Crippen LogP contribution in [0.2, 0.25) is 0 Å². The van der Waals surface area contributed by atoms with Gasteiger partial charge in [-0.15, -0.1) is 11.3 Å². The molecule has 0 aliphatic carbocycles. The monoisotopic (exact) mass is 450 g/mol. The van der Waals surface area contributed by atoms with Gasteiger partial charge >= 0.3 is 6.09 Å². The lowest BCUT2D eigenvalue weighted by molar-refractivity contribution is 0.196. The van der Waals surface area contributed by atoms with Crippen molar-refractivity contribution in [1.82, 2.24) is 10.3 Å². The van der Waals surface area contributed by atoms with Gasteiger partial charge in [0.15, 0.2) is 5.75 Å². The van der Waals surface area contributed by atoms with E-state index in [1.165, 1.54) is 17.5 Å². The van der Waals surface area contributed by atoms with E-state index in [-0.39, 0.29) is 19.8 Å². The second-order valence-corrected chi connectivity index (χ2v) is 7.70. The molecule has 4 rings (SSSR count). The van der Waals surface area contributed by atoms with Crippen molar-refractivity contribution in [1.29, 1.82) is 0 Å². The van der Waals surface area contributed by atoms with E-state index in [2.05, 4.69) is 15.6 Å². The summed E-state index contributed by atoms with van der Waals surface area (Å²) in [5, 5.41) is 17.2. The number of aliphatic hydroxyl groups excluding tert-OH is 1. The topological polar surface area (TPSA) is 119 Å². The number of fused-ring (bicyclic) bond motifs is 1. The zero-order valence-corrected chi connectivity index (χ0v) is 17.9. The molecule has 2 aromatic heterocycles. The predicted octanol–water partition coefficient (Wildman–Crippen LogP) is 4.28. The van der Waals surface area contributed by atoms with Gasteiger partial charge in [0.1, 0.15) is 18.2 Å². The summed E-state index contributed by atoms with van der Waals surface area (Å²) >= 11 is 1.39. The molecule has 2 heterocycles. The zero-order chi connectivity index (χ0) is 22.3. The number of carbonyl (C=O) groups excluding carboxylic acids is 1. The number of ether oxygens (including phenoxy) is 2. The van der Waals surface area contributed by atoms with Crippen LogP contribution in [0.1, 0.15) is 5.56 Å². The Hall–Kier alpha value is -3.82. The molecule has 0 unspecified atom stereocenters. The first-order chi connectivity index (χ1) is 15.6. The van der Waals surface area contributed by atoms with Crippen LogP contribution in [0.4, 0.5) is 22.0 Å². The fraction of sp³-hybridized carbons (Fsp3) is 0.130. The number of aromatic nitrogens is 1. The highest BCUT2D eigenvalue weighted by atomic mass is 32.1. The van der Waals surface area contributed by atoms with Gasteiger partial charge in [0.25, 0.3) is 0 Å². The number of nitrogens with one attached hydrogen (secondary N) is 2. The van der Waals surface area contributed by atoms with Gasteiger partial charge < -0.3 is 30.9 Å². The predicted molar refractivity (Wildman–Crippen MR) is 126 cm³/mol. The second-order valence-electron chi connectivity index (χ2n) is 6.82. The molecule has 32 heavy (non-hydrogen) atoms. The van der Waals surface area contributed by atoms with Gasteiger partial charge in [-0.05, 0) is 29.6 Å². The molecule has 0 aliphatic heterocycles. The molecule has 0 aliphatic rings. The van der Waals surface area contributed by atoms with Gasteiger partial charge in [-0.1, -0.05) is 24.3 Å². The number of para-hydroxylation sites is 1. The average Bonchev–Trinajstić information content (AvgIpc) is 3.24. The van der Waals surface area contributed by atoms with Gasteiger partial charge in [0.05, 0.1) is 17.5 Å². The minimum absolute atomic E-state index is 0.103. The average molecular weight is 451 g/mol. The molecule has 8 nitrogen and oxygen atoms in total. The van der Waals surface area contributed by atoms with Gasteiger partial charge in [-0.25, -0.2) is 9.78 Å². The number of benzene rings is 2. The standard InChI is InChI=1S/C23H22N4O4S/c24-22-20-15(14-32-21(20)19(12-26-22)31-23(29)25-9-10-28)13-30-18-8-4-7-17(11-18)27-16-5-2-1-3-6-16/h1-8,11-12,14,27-28H,9-10,13H2,(H2,24,26)(H,25,29). The molecular weight excluding hydrogens is 428 g/mol. The van der Waals surface area contributed by atoms with E-state index in [0.29, 0.717) is 27.4 Å². The SMILES string of the molecule is Nc1ncc(OC(=O)NCCO)c2scc(COc3cccc(Nc4ccccc4)c3)c12. The van der Waals surface area contributed by atoms with Gasteiger partial charge in [-0.3, -0.25) is 0 Å². The molecule has 4 aromatic rings. The molecule has 164 valence electrons. The van der Waals surface area contributed by atoms with Gasteiger partial charge in [-0.2, -0.15) is 0 Å². The first-order valence-electron chi connectivity index (χ1n) is 9.90. The van der Waals surface area contributed by atoms with E-state index in [9.17, 15) is 4.79 Å². The molecule has 1 amide bonds. The third-order valence-corrected chi connectivity index (χ3v) is 5.59. The molecule has 0 saturated heterocycles. The normalized spacial score (nSPS) is 10.7. The molecular formula is C23H22N4O4S. The number of thiophene rings is 1. The van der Waals surface area contributed by atoms with E-state index in [1.54, 1.807) is 0 Å². The third kappa shape index (κ3) is 5.08. The van der Waals surface area contributed by atoms with Crippen molar-refractivity contribution in [2.45, 2.75) is 6.61 Å². The first-order valence-corrected chi connectivity index (χ1v) is 10.8. The van der Waals surface area contributed by atoms with Crippen molar-refractivity contribution in [2.75, 3.05) is 24.2 Å². The molecule has 0 saturated carbocycles. The first kappa shape index (κ1) is 21.4. The van der Waals surface area contributed by atoms with Crippen molar-refractivity contribution in [3.63, 3.8) is 0 Å². The van der Waals surface area contributed by atoms with Crippen molar-refractivity contribution in [3.05, 3.63) is 71.7 Å². The van der Waals surface area contributed by atoms with Crippen LogP contribution in [-0.4, -0.2) is 29.3 Å². The highest BCUT2D eigenvalue weighted by Crippen LogP contribution is 2.37. The van der Waals surface area contributed by atoms with Crippen molar-refractivity contribution >= 4 is 44.7 Å². The maximum atomic E-state index is 11.9. The lowest BCUT2D eigenvalue weighted by Gasteiger charge is -2.10. The summed E-state index contributed by atoms with van der Waals surface area (Å²) in [6, 6.07) is 17.6. The maximum absolute atomic E-state index is 11.9. The number of hydrogen-bond donors (Lipinski definition) is 4. The van der Waals surface area contributed by atoms with E-state index in [1.807, 2.05) is 60.0 Å². The van der Waals surface area contributed by atoms with Crippen LogP contribution in [-0.2, 0) is 6.61 Å². The van der Waals surface area contributed by atoms with Crippen LogP contribution < -0.4 is 25.8 Å². The van der Waals surface area contributed by atoms with Crippen LogP contribution in [0, 0.1) is 0 Å². The fourth-order valence-electron chi connectivity index (χ4n) is 3.09. The Kier molecular flexibility index (Phi) is 6.69. The minimum Gasteiger partial charge on any atom is -0.489 e. The number of anilines is 3. The Balaban J connectivity index is 1.48. The quantitative estimate of drug-likeness (QED) is 0.316. The summed E-state index contributed by atoms with van der Waals surface area (Å²) in [5.74, 6) is 1.34. The number of carbonyl (C=O) groups is 1. The largest absolute Gasteiger partial charge is 0.489 e. The Morgan fingerprint density at radius 3 is 2.75 bits per heavy atom. The lowest BCUT2D eigenvalue weighted by Crippen LogP contribution is -2.29. The minimum atomic E-state index is -0.666. The summed E-state index contributed by atoms with van der Waals surface area (Å²) < 4.78 is 12.0. The number of aliphatic hydroxyl groups is 1. The number of pyridine rings is 1. The second kappa shape index (κ2) is 9.99. The Morgan fingerprint density at radius 2 is 1.94 bits per heavy atom. The molecule has 0 atom stereocenters. The fourth-order valence-corrected chi connectivity index (χ4v) is 4.10. The van der Waals surface area contributed by atoms with Crippen molar-refractivity contribution in [3.8, 4) is 11.5 Å². The Morgan fingerprint density at radius 1 is 1.12 bits per heavy atom. The highest BCUT2D eigenvalue weighted by molar-refractivity contribution is 7.17. The number of nitrogen functional groups attached to an aromatic ring is 1. The smallest absolute Gasteiger partial charge is 0.412 e. The summed E-state index contributed by atoms with van der Waals surface area (Å²) in [5.41, 5.74) is 8.85. The van der Waals surface area contributed by atoms with E-state index >= 15 is 0 Å². The van der Waals surface area contributed by atoms with Crippen LogP contribution in [0.25, 0.3) is 10.1 Å². The highest BCUT2D eigenvalue weighted by Gasteiger charge is 2.16. The van der Waals surface area contributed by atoms with Gasteiger partial charge in [0.2, 0.25) is 0 Å². The number of nitrogens with two attached hydrogens (primary N) is 1. The molecule has 5 N–H and O–H groups in total. The number of amides is 1. The summed E-state index contributed by atoms with van der Waals surface area (Å²) in [4.78, 5) is 16.0. The number of rotatable bonds is 8. The van der Waals surface area contributed by atoms with Crippen LogP contribution in [0.3, 0.4) is 0 Å². The van der Waals surface area contributed by atoms with Gasteiger partial charge in [0, 0.05) is 34.9 Å². The van der Waals surface area contributed by atoms with E-state index in [0.717, 1.165) is 16.9 Å². The molecule has 0 spiro atoms. The molecule has 9 heteroatoms. The molecule has 0 bridgehead atoms. The van der Waals surface area contributed by atoms with Crippen molar-refractivity contribution in [2.24, 2.45) is 0 Å². The third-order valence-electron chi connectivity index (χ3n) is 4.54. The van der Waals surface area contributed by atoms with Crippen LogP contribution in [0.5, 0.6) is 11.5 Å². The lowest BCUT2D eigenvalue weighted by atomic mass is 10.2. The zero-order valence-electron chi connectivity index (χ0n) is 17.1.